The highest BCUT2D eigenvalue weighted by Gasteiger charge is 2.56. The van der Waals surface area contributed by atoms with Crippen LogP contribution in [-0.4, -0.2) is 52.9 Å². The first-order chi connectivity index (χ1) is 15.9. The predicted octanol–water partition coefficient (Wildman–Crippen LogP) is 4.10. The van der Waals surface area contributed by atoms with Crippen LogP contribution in [-0.2, 0) is 6.54 Å². The van der Waals surface area contributed by atoms with Crippen LogP contribution in [0, 0.1) is 17.8 Å². The third kappa shape index (κ3) is 4.32. The van der Waals surface area contributed by atoms with Gasteiger partial charge in [-0.15, -0.1) is 5.10 Å². The Labute approximate surface area is 200 Å². The molecule has 2 aromatic carbocycles. The van der Waals surface area contributed by atoms with E-state index < -0.39 is 5.97 Å². The van der Waals surface area contributed by atoms with Crippen molar-refractivity contribution >= 4 is 34.9 Å². The lowest BCUT2D eigenvalue weighted by molar-refractivity contribution is 0.0684. The number of hydrogen-bond acceptors (Lipinski definition) is 6. The minimum Gasteiger partial charge on any atom is -0.497 e. The Bertz CT molecular complexity index is 1170. The summed E-state index contributed by atoms with van der Waals surface area (Å²) in [6.45, 7) is 2.60. The monoisotopic (exact) mass is 488 g/mol. The molecule has 2 fully saturated rings. The van der Waals surface area contributed by atoms with Crippen molar-refractivity contribution in [2.24, 2.45) is 17.8 Å². The molecule has 0 spiro atoms. The molecule has 1 saturated heterocycles. The van der Waals surface area contributed by atoms with Crippen LogP contribution >= 0.6 is 23.2 Å². The van der Waals surface area contributed by atoms with Crippen molar-refractivity contribution in [1.82, 2.24) is 15.0 Å². The van der Waals surface area contributed by atoms with Crippen LogP contribution in [0.4, 0.5) is 5.69 Å². The zero-order chi connectivity index (χ0) is 23.1. The highest BCUT2D eigenvalue weighted by molar-refractivity contribution is 6.42. The van der Waals surface area contributed by atoms with E-state index in [1.165, 1.54) is 4.68 Å². The number of carboxylic acids is 1. The number of aromatic carboxylic acids is 1. The van der Waals surface area contributed by atoms with Gasteiger partial charge in [0.25, 0.3) is 0 Å². The number of hydrogen-bond donors (Lipinski definition) is 1. The van der Waals surface area contributed by atoms with Crippen molar-refractivity contribution in [3.8, 4) is 11.6 Å². The average Bonchev–Trinajstić information content (AvgIpc) is 3.13. The second kappa shape index (κ2) is 8.76. The zero-order valence-corrected chi connectivity index (χ0v) is 19.3. The fourth-order valence-electron chi connectivity index (χ4n) is 4.55. The van der Waals surface area contributed by atoms with Gasteiger partial charge in [0.2, 0.25) is 11.6 Å². The van der Waals surface area contributed by atoms with Gasteiger partial charge < -0.3 is 19.5 Å². The molecule has 1 N–H and O–H groups in total. The van der Waals surface area contributed by atoms with E-state index >= 15 is 0 Å². The number of halogens is 2. The van der Waals surface area contributed by atoms with Crippen molar-refractivity contribution in [3.63, 3.8) is 0 Å². The average molecular weight is 489 g/mol. The van der Waals surface area contributed by atoms with E-state index in [2.05, 4.69) is 15.2 Å². The molecule has 172 valence electrons. The van der Waals surface area contributed by atoms with Crippen LogP contribution in [0.3, 0.4) is 0 Å². The van der Waals surface area contributed by atoms with Crippen molar-refractivity contribution in [2.45, 2.75) is 6.54 Å². The Hall–Kier alpha value is -2.97. The van der Waals surface area contributed by atoms with Crippen molar-refractivity contribution < 1.29 is 19.4 Å². The maximum atomic E-state index is 11.6. The van der Waals surface area contributed by atoms with Crippen LogP contribution in [0.2, 0.25) is 10.0 Å². The first-order valence-corrected chi connectivity index (χ1v) is 11.3. The smallest absolute Gasteiger partial charge is 0.362 e. The molecule has 1 aliphatic carbocycles. The van der Waals surface area contributed by atoms with Gasteiger partial charge in [-0.25, -0.2) is 9.48 Å². The second-order valence-corrected chi connectivity index (χ2v) is 9.17. The summed E-state index contributed by atoms with van der Waals surface area (Å²) in [5.74, 6) is 1.14. The lowest BCUT2D eigenvalue weighted by Crippen LogP contribution is -2.25. The predicted molar refractivity (Wildman–Crippen MR) is 124 cm³/mol. The normalized spacial score (nSPS) is 21.1. The van der Waals surface area contributed by atoms with E-state index in [0.717, 1.165) is 30.1 Å². The standard InChI is InChI=1S/C23H22Cl2N4O4/c1-32-15-5-2-13(3-6-15)9-29-22(21(23(30)31)26-27-29)33-12-18-16-10-28(11-17(16)18)14-4-7-19(24)20(25)8-14/h2-8,16-18H,9-12H2,1H3,(H,30,31). The van der Waals surface area contributed by atoms with Gasteiger partial charge in [-0.2, -0.15) is 0 Å². The zero-order valence-electron chi connectivity index (χ0n) is 17.8. The van der Waals surface area contributed by atoms with E-state index in [1.807, 2.05) is 42.5 Å². The van der Waals surface area contributed by atoms with E-state index in [9.17, 15) is 9.90 Å². The molecule has 2 unspecified atom stereocenters. The molecule has 2 atom stereocenters. The summed E-state index contributed by atoms with van der Waals surface area (Å²) in [4.78, 5) is 13.9. The van der Waals surface area contributed by atoms with Crippen molar-refractivity contribution in [2.75, 3.05) is 31.7 Å². The van der Waals surface area contributed by atoms with E-state index in [0.29, 0.717) is 41.0 Å². The SMILES string of the molecule is COc1ccc(Cn2nnc(C(=O)O)c2OCC2C3CN(c4ccc(Cl)c(Cl)c4)CC23)cc1. The van der Waals surface area contributed by atoms with Crippen molar-refractivity contribution in [3.05, 3.63) is 63.8 Å². The Morgan fingerprint density at radius 1 is 1.12 bits per heavy atom. The van der Waals surface area contributed by atoms with Gasteiger partial charge in [0.15, 0.2) is 0 Å². The van der Waals surface area contributed by atoms with E-state index in [-0.39, 0.29) is 11.6 Å². The third-order valence-corrected chi connectivity index (χ3v) is 7.17. The Balaban J connectivity index is 1.23. The molecule has 1 saturated carbocycles. The second-order valence-electron chi connectivity index (χ2n) is 8.36. The summed E-state index contributed by atoms with van der Waals surface area (Å²) < 4.78 is 12.7. The molecule has 0 amide bonds. The van der Waals surface area contributed by atoms with Gasteiger partial charge in [0.1, 0.15) is 5.75 Å². The molecule has 33 heavy (non-hydrogen) atoms. The quantitative estimate of drug-likeness (QED) is 0.510. The van der Waals surface area contributed by atoms with Gasteiger partial charge in [-0.3, -0.25) is 0 Å². The van der Waals surface area contributed by atoms with Crippen LogP contribution in [0.15, 0.2) is 42.5 Å². The Morgan fingerprint density at radius 3 is 2.48 bits per heavy atom. The summed E-state index contributed by atoms with van der Waals surface area (Å²) >= 11 is 12.2. The highest BCUT2D eigenvalue weighted by Crippen LogP contribution is 2.52. The number of methoxy groups -OCH3 is 1. The molecule has 10 heteroatoms. The van der Waals surface area contributed by atoms with Crippen molar-refractivity contribution in [1.29, 1.82) is 0 Å². The number of fused-ring (bicyclic) bond motifs is 1. The lowest BCUT2D eigenvalue weighted by atomic mass is 10.2. The minimum absolute atomic E-state index is 0.174. The molecule has 5 rings (SSSR count). The van der Waals surface area contributed by atoms with Gasteiger partial charge in [0.05, 0.1) is 30.3 Å². The number of carbonyl (C=O) groups is 1. The Kier molecular flexibility index (Phi) is 5.80. The van der Waals surface area contributed by atoms with Crippen LogP contribution in [0.1, 0.15) is 16.1 Å². The molecule has 3 aromatic rings. The number of benzene rings is 2. The minimum atomic E-state index is -1.16. The molecule has 1 aromatic heterocycles. The summed E-state index contributed by atoms with van der Waals surface area (Å²) in [5, 5.41) is 18.4. The molecule has 8 nitrogen and oxygen atoms in total. The number of aromatic nitrogens is 3. The maximum absolute atomic E-state index is 11.6. The first-order valence-electron chi connectivity index (χ1n) is 10.6. The lowest BCUT2D eigenvalue weighted by Gasteiger charge is -2.22. The van der Waals surface area contributed by atoms with Gasteiger partial charge in [-0.05, 0) is 47.7 Å². The molecule has 2 aliphatic rings. The summed E-state index contributed by atoms with van der Waals surface area (Å²) in [5.41, 5.74) is 1.82. The van der Waals surface area contributed by atoms with E-state index in [4.69, 9.17) is 32.7 Å². The van der Waals surface area contributed by atoms with Gasteiger partial charge in [0, 0.05) is 24.7 Å². The fourth-order valence-corrected chi connectivity index (χ4v) is 4.85. The molecular formula is C23H22Cl2N4O4. The highest BCUT2D eigenvalue weighted by atomic mass is 35.5. The molecular weight excluding hydrogens is 467 g/mol. The molecule has 0 bridgehead atoms. The van der Waals surface area contributed by atoms with Gasteiger partial charge >= 0.3 is 5.97 Å². The van der Waals surface area contributed by atoms with Crippen LogP contribution < -0.4 is 14.4 Å². The van der Waals surface area contributed by atoms with E-state index in [1.54, 1.807) is 7.11 Å². The number of carboxylic acid groups (broad SMARTS) is 1. The fraction of sp³-hybridized carbons (Fsp3) is 0.348. The molecule has 0 radical (unpaired) electrons. The number of nitrogens with zero attached hydrogens (tertiary/aromatic N) is 4. The summed E-state index contributed by atoms with van der Waals surface area (Å²) in [7, 11) is 1.61. The summed E-state index contributed by atoms with van der Waals surface area (Å²) in [6.07, 6.45) is 0. The molecule has 1 aliphatic heterocycles. The number of rotatable bonds is 8. The first kappa shape index (κ1) is 21.9. The Morgan fingerprint density at radius 2 is 1.85 bits per heavy atom. The van der Waals surface area contributed by atoms with Crippen LogP contribution in [0.25, 0.3) is 0 Å². The maximum Gasteiger partial charge on any atom is 0.362 e. The largest absolute Gasteiger partial charge is 0.497 e. The summed E-state index contributed by atoms with van der Waals surface area (Å²) in [6, 6.07) is 13.2. The number of piperidine rings is 1. The van der Waals surface area contributed by atoms with Gasteiger partial charge in [-0.1, -0.05) is 40.5 Å². The number of anilines is 1. The topological polar surface area (TPSA) is 89.7 Å². The van der Waals surface area contributed by atoms with Crippen LogP contribution in [0.5, 0.6) is 11.6 Å². The number of ether oxygens (including phenoxy) is 2. The molecule has 2 heterocycles. The third-order valence-electron chi connectivity index (χ3n) is 6.44.